The molecule has 0 radical (unpaired) electrons. The summed E-state index contributed by atoms with van der Waals surface area (Å²) in [7, 11) is 0. The fourth-order valence-corrected chi connectivity index (χ4v) is 4.80. The lowest BCUT2D eigenvalue weighted by atomic mass is 9.97. The molecule has 0 bridgehead atoms. The van der Waals surface area contributed by atoms with E-state index in [0.717, 1.165) is 44.8 Å². The minimum atomic E-state index is -0.142. The summed E-state index contributed by atoms with van der Waals surface area (Å²) in [5.74, 6) is 1.39. The standard InChI is InChI=1S/C20H27N5OS/c26-19(24-20-23-14-17(27-20)15-7-9-21-10-8-15)16-5-6-18(22-13-16)25-11-3-1-2-4-12-25/h5-6,13-15,21H,1-4,7-12H2,(H,23,24,26). The number of pyridine rings is 1. The highest BCUT2D eigenvalue weighted by atomic mass is 32.1. The van der Waals surface area contributed by atoms with Crippen molar-refractivity contribution in [3.8, 4) is 0 Å². The topological polar surface area (TPSA) is 70.2 Å². The van der Waals surface area contributed by atoms with Gasteiger partial charge in [0.1, 0.15) is 5.82 Å². The van der Waals surface area contributed by atoms with E-state index in [1.165, 1.54) is 30.6 Å². The highest BCUT2D eigenvalue weighted by molar-refractivity contribution is 7.15. The molecule has 2 N–H and O–H groups in total. The van der Waals surface area contributed by atoms with Crippen molar-refractivity contribution in [2.75, 3.05) is 36.4 Å². The Morgan fingerprint density at radius 3 is 2.56 bits per heavy atom. The van der Waals surface area contributed by atoms with Gasteiger partial charge < -0.3 is 10.2 Å². The molecule has 2 fully saturated rings. The first kappa shape index (κ1) is 18.4. The summed E-state index contributed by atoms with van der Waals surface area (Å²) < 4.78 is 0. The van der Waals surface area contributed by atoms with Crippen LogP contribution in [0.1, 0.15) is 59.7 Å². The molecule has 27 heavy (non-hydrogen) atoms. The highest BCUT2D eigenvalue weighted by Crippen LogP contribution is 2.31. The minimum Gasteiger partial charge on any atom is -0.357 e. The number of carbonyl (C=O) groups excluding carboxylic acids is 1. The van der Waals surface area contributed by atoms with Crippen LogP contribution < -0.4 is 15.5 Å². The predicted octanol–water partition coefficient (Wildman–Crippen LogP) is 3.64. The number of hydrogen-bond donors (Lipinski definition) is 2. The normalized spacial score (nSPS) is 18.9. The van der Waals surface area contributed by atoms with Crippen LogP contribution in [-0.4, -0.2) is 42.1 Å². The van der Waals surface area contributed by atoms with Crippen LogP contribution in [0.5, 0.6) is 0 Å². The number of hydrogen-bond acceptors (Lipinski definition) is 6. The van der Waals surface area contributed by atoms with Gasteiger partial charge in [0, 0.05) is 30.4 Å². The van der Waals surface area contributed by atoms with Crippen molar-refractivity contribution in [3.05, 3.63) is 35.0 Å². The van der Waals surface area contributed by atoms with E-state index in [2.05, 4.69) is 25.5 Å². The number of aromatic nitrogens is 2. The predicted molar refractivity (Wildman–Crippen MR) is 110 cm³/mol. The summed E-state index contributed by atoms with van der Waals surface area (Å²) in [5.41, 5.74) is 0.576. The minimum absolute atomic E-state index is 0.142. The summed E-state index contributed by atoms with van der Waals surface area (Å²) in [6, 6.07) is 3.83. The van der Waals surface area contributed by atoms with Crippen LogP contribution in [0.25, 0.3) is 0 Å². The Kier molecular flexibility index (Phi) is 5.99. The van der Waals surface area contributed by atoms with Gasteiger partial charge in [-0.15, -0.1) is 11.3 Å². The van der Waals surface area contributed by atoms with Gasteiger partial charge in [0.25, 0.3) is 5.91 Å². The molecule has 4 heterocycles. The third-order valence-electron chi connectivity index (χ3n) is 5.43. The second-order valence-corrected chi connectivity index (χ2v) is 8.41. The van der Waals surface area contributed by atoms with Crippen molar-refractivity contribution in [3.63, 3.8) is 0 Å². The summed E-state index contributed by atoms with van der Waals surface area (Å²) in [4.78, 5) is 25.0. The molecule has 0 spiro atoms. The lowest BCUT2D eigenvalue weighted by molar-refractivity contribution is 0.102. The number of nitrogens with zero attached hydrogens (tertiary/aromatic N) is 3. The van der Waals surface area contributed by atoms with E-state index >= 15 is 0 Å². The summed E-state index contributed by atoms with van der Waals surface area (Å²) in [5, 5.41) is 6.98. The molecule has 6 nitrogen and oxygen atoms in total. The lowest BCUT2D eigenvalue weighted by Crippen LogP contribution is -2.26. The maximum absolute atomic E-state index is 12.5. The van der Waals surface area contributed by atoms with Crippen LogP contribution in [0, 0.1) is 0 Å². The molecule has 2 aliphatic heterocycles. The number of nitrogens with one attached hydrogen (secondary N) is 2. The Labute approximate surface area is 164 Å². The molecule has 4 rings (SSSR count). The van der Waals surface area contributed by atoms with E-state index < -0.39 is 0 Å². The third-order valence-corrected chi connectivity index (χ3v) is 6.50. The second-order valence-electron chi connectivity index (χ2n) is 7.35. The average molecular weight is 386 g/mol. The van der Waals surface area contributed by atoms with E-state index in [9.17, 15) is 4.79 Å². The molecule has 7 heteroatoms. The Morgan fingerprint density at radius 2 is 1.85 bits per heavy atom. The molecule has 0 aliphatic carbocycles. The van der Waals surface area contributed by atoms with Gasteiger partial charge in [-0.3, -0.25) is 10.1 Å². The van der Waals surface area contributed by atoms with E-state index in [-0.39, 0.29) is 5.91 Å². The molecule has 0 aromatic carbocycles. The Balaban J connectivity index is 1.37. The van der Waals surface area contributed by atoms with Gasteiger partial charge in [-0.1, -0.05) is 12.8 Å². The van der Waals surface area contributed by atoms with E-state index in [4.69, 9.17) is 0 Å². The first-order valence-corrected chi connectivity index (χ1v) is 10.8. The monoisotopic (exact) mass is 385 g/mol. The molecule has 2 aromatic rings. The number of anilines is 2. The van der Waals surface area contributed by atoms with Gasteiger partial charge in [0.05, 0.1) is 5.56 Å². The molecular weight excluding hydrogens is 358 g/mol. The van der Waals surface area contributed by atoms with Crippen molar-refractivity contribution in [1.82, 2.24) is 15.3 Å². The first-order chi connectivity index (χ1) is 13.3. The van der Waals surface area contributed by atoms with Crippen LogP contribution >= 0.6 is 11.3 Å². The van der Waals surface area contributed by atoms with Gasteiger partial charge in [-0.2, -0.15) is 0 Å². The molecule has 2 saturated heterocycles. The number of rotatable bonds is 4. The SMILES string of the molecule is O=C(Nc1ncc(C2CCNCC2)s1)c1ccc(N2CCCCCC2)nc1. The smallest absolute Gasteiger partial charge is 0.259 e. The average Bonchev–Trinajstić information content (AvgIpc) is 3.01. The molecule has 0 unspecified atom stereocenters. The molecule has 0 atom stereocenters. The molecule has 2 aliphatic rings. The van der Waals surface area contributed by atoms with E-state index in [0.29, 0.717) is 16.6 Å². The molecular formula is C20H27N5OS. The zero-order chi connectivity index (χ0) is 18.5. The van der Waals surface area contributed by atoms with Crippen molar-refractivity contribution >= 4 is 28.2 Å². The van der Waals surface area contributed by atoms with Gasteiger partial charge in [-0.25, -0.2) is 9.97 Å². The maximum atomic E-state index is 12.5. The molecule has 0 saturated carbocycles. The Bertz CT molecular complexity index is 746. The second kappa shape index (κ2) is 8.80. The molecule has 144 valence electrons. The number of thiazole rings is 1. The van der Waals surface area contributed by atoms with Crippen LogP contribution in [0.15, 0.2) is 24.5 Å². The van der Waals surface area contributed by atoms with Crippen LogP contribution in [0.3, 0.4) is 0 Å². The zero-order valence-electron chi connectivity index (χ0n) is 15.6. The fourth-order valence-electron chi connectivity index (χ4n) is 3.82. The van der Waals surface area contributed by atoms with Gasteiger partial charge >= 0.3 is 0 Å². The molecule has 1 amide bonds. The van der Waals surface area contributed by atoms with Crippen LogP contribution in [0.4, 0.5) is 10.9 Å². The maximum Gasteiger partial charge on any atom is 0.259 e. The third kappa shape index (κ3) is 4.65. The lowest BCUT2D eigenvalue weighted by Gasteiger charge is -2.21. The zero-order valence-corrected chi connectivity index (χ0v) is 16.4. The van der Waals surface area contributed by atoms with Crippen molar-refractivity contribution in [2.24, 2.45) is 0 Å². The number of piperidine rings is 1. The van der Waals surface area contributed by atoms with Crippen molar-refractivity contribution in [1.29, 1.82) is 0 Å². The van der Waals surface area contributed by atoms with Crippen LogP contribution in [0.2, 0.25) is 0 Å². The largest absolute Gasteiger partial charge is 0.357 e. The number of amides is 1. The first-order valence-electron chi connectivity index (χ1n) is 9.98. The van der Waals surface area contributed by atoms with Gasteiger partial charge in [-0.05, 0) is 56.8 Å². The van der Waals surface area contributed by atoms with Gasteiger partial charge in [0.2, 0.25) is 0 Å². The molecule has 2 aromatic heterocycles. The Hall–Kier alpha value is -1.99. The van der Waals surface area contributed by atoms with E-state index in [1.807, 2.05) is 18.3 Å². The summed E-state index contributed by atoms with van der Waals surface area (Å²) in [6.07, 6.45) is 10.9. The Morgan fingerprint density at radius 1 is 1.07 bits per heavy atom. The highest BCUT2D eigenvalue weighted by Gasteiger charge is 2.19. The van der Waals surface area contributed by atoms with Crippen molar-refractivity contribution in [2.45, 2.75) is 44.4 Å². The van der Waals surface area contributed by atoms with Gasteiger partial charge in [0.15, 0.2) is 5.13 Å². The van der Waals surface area contributed by atoms with Crippen molar-refractivity contribution < 1.29 is 4.79 Å². The quantitative estimate of drug-likeness (QED) is 0.841. The van der Waals surface area contributed by atoms with E-state index in [1.54, 1.807) is 17.5 Å². The summed E-state index contributed by atoms with van der Waals surface area (Å²) in [6.45, 7) is 4.22. The van der Waals surface area contributed by atoms with Crippen LogP contribution in [-0.2, 0) is 0 Å². The summed E-state index contributed by atoms with van der Waals surface area (Å²) >= 11 is 1.59. The fraction of sp³-hybridized carbons (Fsp3) is 0.550. The number of carbonyl (C=O) groups is 1.